The fourth-order valence-corrected chi connectivity index (χ4v) is 3.43. The smallest absolute Gasteiger partial charge is 0.255 e. The Bertz CT molecular complexity index is 938. The Morgan fingerprint density at radius 2 is 1.67 bits per heavy atom. The summed E-state index contributed by atoms with van der Waals surface area (Å²) in [5.41, 5.74) is 2.26. The first-order chi connectivity index (χ1) is 12.9. The van der Waals surface area contributed by atoms with Gasteiger partial charge in [0.1, 0.15) is 0 Å². The van der Waals surface area contributed by atoms with Crippen molar-refractivity contribution in [2.75, 3.05) is 27.2 Å². The minimum absolute atomic E-state index is 0.0196. The van der Waals surface area contributed by atoms with E-state index in [0.717, 1.165) is 18.7 Å². The second-order valence-electron chi connectivity index (χ2n) is 6.23. The van der Waals surface area contributed by atoms with Crippen molar-refractivity contribution >= 4 is 38.9 Å². The zero-order chi connectivity index (χ0) is 19.4. The summed E-state index contributed by atoms with van der Waals surface area (Å²) in [7, 11) is -3.35. The number of benzene rings is 2. The largest absolute Gasteiger partial charge is 0.322 e. The van der Waals surface area contributed by atoms with Crippen molar-refractivity contribution in [3.8, 4) is 0 Å². The molecule has 1 aliphatic heterocycles. The zero-order valence-corrected chi connectivity index (χ0v) is 15.8. The predicted octanol–water partition coefficient (Wildman–Crippen LogP) is 2.83. The number of anilines is 3. The molecule has 142 valence electrons. The minimum Gasteiger partial charge on any atom is -0.322 e. The molecule has 3 rings (SSSR count). The first-order valence-corrected chi connectivity index (χ1v) is 10.4. The van der Waals surface area contributed by atoms with Crippen LogP contribution in [0.2, 0.25) is 0 Å². The first-order valence-electron chi connectivity index (χ1n) is 8.70. The molecule has 0 spiro atoms. The van der Waals surface area contributed by atoms with Gasteiger partial charge in [-0.1, -0.05) is 0 Å². The molecule has 0 atom stereocenters. The molecule has 2 N–H and O–H groups in total. The van der Waals surface area contributed by atoms with Gasteiger partial charge in [0, 0.05) is 35.6 Å². The van der Waals surface area contributed by atoms with Crippen molar-refractivity contribution in [3.05, 3.63) is 54.1 Å². The van der Waals surface area contributed by atoms with Crippen LogP contribution in [0.5, 0.6) is 0 Å². The van der Waals surface area contributed by atoms with Crippen LogP contribution < -0.4 is 14.9 Å². The second kappa shape index (κ2) is 7.79. The number of nitrogens with one attached hydrogen (secondary N) is 2. The van der Waals surface area contributed by atoms with Crippen LogP contribution >= 0.6 is 0 Å². The van der Waals surface area contributed by atoms with E-state index in [-0.39, 0.29) is 17.6 Å². The molecule has 2 amide bonds. The molecule has 7 nitrogen and oxygen atoms in total. The van der Waals surface area contributed by atoms with E-state index in [1.807, 2.05) is 12.1 Å². The summed E-state index contributed by atoms with van der Waals surface area (Å²) in [4.78, 5) is 25.9. The molecule has 0 bridgehead atoms. The number of carbonyl (C=O) groups excluding carboxylic acids is 2. The summed E-state index contributed by atoms with van der Waals surface area (Å²) in [6, 6.07) is 13.3. The lowest BCUT2D eigenvalue weighted by atomic mass is 10.2. The third-order valence-electron chi connectivity index (χ3n) is 4.31. The third kappa shape index (κ3) is 4.65. The van der Waals surface area contributed by atoms with Crippen molar-refractivity contribution in [1.82, 2.24) is 0 Å². The number of hydrogen-bond donors (Lipinski definition) is 2. The number of hydrogen-bond acceptors (Lipinski definition) is 4. The summed E-state index contributed by atoms with van der Waals surface area (Å²) in [5.74, 6) is -0.204. The number of carbonyl (C=O) groups is 2. The third-order valence-corrected chi connectivity index (χ3v) is 5.62. The number of rotatable bonds is 6. The lowest BCUT2D eigenvalue weighted by Gasteiger charge is -2.16. The molecular formula is C19H21N3O4S. The van der Waals surface area contributed by atoms with Gasteiger partial charge in [0.25, 0.3) is 5.91 Å². The van der Waals surface area contributed by atoms with Gasteiger partial charge in [-0.3, -0.25) is 14.3 Å². The molecule has 27 heavy (non-hydrogen) atoms. The number of sulfonamides is 1. The molecule has 0 saturated carbocycles. The Balaban J connectivity index is 1.64. The maximum atomic E-state index is 12.3. The molecular weight excluding hydrogens is 366 g/mol. The molecule has 0 aliphatic carbocycles. The van der Waals surface area contributed by atoms with Crippen LogP contribution in [0, 0.1) is 0 Å². The molecule has 1 heterocycles. The molecule has 2 aromatic carbocycles. The van der Waals surface area contributed by atoms with Gasteiger partial charge in [-0.15, -0.1) is 0 Å². The van der Waals surface area contributed by atoms with Crippen LogP contribution in [0.1, 0.15) is 30.1 Å². The van der Waals surface area contributed by atoms with Crippen molar-refractivity contribution < 1.29 is 18.0 Å². The van der Waals surface area contributed by atoms with Crippen molar-refractivity contribution in [2.45, 2.75) is 19.8 Å². The Hall–Kier alpha value is -2.87. The van der Waals surface area contributed by atoms with E-state index in [1.165, 1.54) is 0 Å². The van der Waals surface area contributed by atoms with E-state index in [0.29, 0.717) is 23.4 Å². The van der Waals surface area contributed by atoms with Gasteiger partial charge in [0.15, 0.2) is 0 Å². The monoisotopic (exact) mass is 387 g/mol. The maximum absolute atomic E-state index is 12.3. The Labute approximate surface area is 158 Å². The topological polar surface area (TPSA) is 95.6 Å². The quantitative estimate of drug-likeness (QED) is 0.797. The van der Waals surface area contributed by atoms with Gasteiger partial charge in [0.2, 0.25) is 15.9 Å². The molecule has 2 aromatic rings. The van der Waals surface area contributed by atoms with E-state index in [1.54, 1.807) is 48.2 Å². The van der Waals surface area contributed by atoms with Crippen LogP contribution in [0.25, 0.3) is 0 Å². The minimum atomic E-state index is -3.35. The molecule has 8 heteroatoms. The fraction of sp³-hybridized carbons (Fsp3) is 0.263. The van der Waals surface area contributed by atoms with E-state index in [4.69, 9.17) is 0 Å². The van der Waals surface area contributed by atoms with Gasteiger partial charge >= 0.3 is 0 Å². The van der Waals surface area contributed by atoms with Gasteiger partial charge in [0.05, 0.1) is 5.75 Å². The number of nitrogens with zero attached hydrogens (tertiary/aromatic N) is 1. The normalized spacial score (nSPS) is 14.3. The Morgan fingerprint density at radius 3 is 2.22 bits per heavy atom. The standard InChI is InChI=1S/C19H21N3O4S/c1-2-27(25,26)21-16-7-5-14(6-8-16)19(24)20-15-9-11-17(12-10-15)22-13-3-4-18(22)23/h5-12,21H,2-4,13H2,1H3,(H,20,24). The van der Waals surface area contributed by atoms with Gasteiger partial charge in [-0.05, 0) is 61.9 Å². The van der Waals surface area contributed by atoms with Gasteiger partial charge in [-0.25, -0.2) is 8.42 Å². The summed E-state index contributed by atoms with van der Waals surface area (Å²) in [5, 5.41) is 2.79. The highest BCUT2D eigenvalue weighted by atomic mass is 32.2. The molecule has 0 aromatic heterocycles. The molecule has 1 fully saturated rings. The maximum Gasteiger partial charge on any atom is 0.255 e. The van der Waals surface area contributed by atoms with E-state index in [2.05, 4.69) is 10.0 Å². The predicted molar refractivity (Wildman–Crippen MR) is 106 cm³/mol. The van der Waals surface area contributed by atoms with Crippen molar-refractivity contribution in [1.29, 1.82) is 0 Å². The highest BCUT2D eigenvalue weighted by molar-refractivity contribution is 7.92. The lowest BCUT2D eigenvalue weighted by molar-refractivity contribution is -0.117. The van der Waals surface area contributed by atoms with Gasteiger partial charge < -0.3 is 10.2 Å². The first kappa shape index (κ1) is 18.9. The average Bonchev–Trinajstić information content (AvgIpc) is 3.08. The van der Waals surface area contributed by atoms with E-state index >= 15 is 0 Å². The summed E-state index contributed by atoms with van der Waals surface area (Å²) < 4.78 is 25.5. The number of amides is 2. The molecule has 0 radical (unpaired) electrons. The highest BCUT2D eigenvalue weighted by Crippen LogP contribution is 2.23. The average molecular weight is 387 g/mol. The van der Waals surface area contributed by atoms with Crippen LogP contribution in [-0.2, 0) is 14.8 Å². The summed E-state index contributed by atoms with van der Waals surface area (Å²) >= 11 is 0. The van der Waals surface area contributed by atoms with Crippen molar-refractivity contribution in [3.63, 3.8) is 0 Å². The summed E-state index contributed by atoms with van der Waals surface area (Å²) in [6.07, 6.45) is 1.44. The van der Waals surface area contributed by atoms with Crippen LogP contribution in [0.4, 0.5) is 17.1 Å². The van der Waals surface area contributed by atoms with E-state index < -0.39 is 10.0 Å². The fourth-order valence-electron chi connectivity index (χ4n) is 2.79. The molecule has 1 saturated heterocycles. The molecule has 0 unspecified atom stereocenters. The second-order valence-corrected chi connectivity index (χ2v) is 8.24. The van der Waals surface area contributed by atoms with Crippen molar-refractivity contribution in [2.24, 2.45) is 0 Å². The lowest BCUT2D eigenvalue weighted by Crippen LogP contribution is -2.23. The SMILES string of the molecule is CCS(=O)(=O)Nc1ccc(C(=O)Nc2ccc(N3CCCC3=O)cc2)cc1. The Kier molecular flexibility index (Phi) is 5.46. The van der Waals surface area contributed by atoms with Crippen LogP contribution in [0.3, 0.4) is 0 Å². The Morgan fingerprint density at radius 1 is 1.04 bits per heavy atom. The zero-order valence-electron chi connectivity index (χ0n) is 14.9. The van der Waals surface area contributed by atoms with Gasteiger partial charge in [-0.2, -0.15) is 0 Å². The summed E-state index contributed by atoms with van der Waals surface area (Å²) in [6.45, 7) is 2.27. The molecule has 1 aliphatic rings. The van der Waals surface area contributed by atoms with E-state index in [9.17, 15) is 18.0 Å². The highest BCUT2D eigenvalue weighted by Gasteiger charge is 2.21. The van der Waals surface area contributed by atoms with Crippen LogP contribution in [-0.4, -0.2) is 32.5 Å². The van der Waals surface area contributed by atoms with Crippen LogP contribution in [0.15, 0.2) is 48.5 Å².